The van der Waals surface area contributed by atoms with Crippen LogP contribution in [0.2, 0.25) is 0 Å². The molecule has 132 valence electrons. The minimum atomic E-state index is -3.92. The molecule has 3 aromatic rings. The maximum absolute atomic E-state index is 9.08. The molecule has 0 aliphatic rings. The lowest BCUT2D eigenvalue weighted by Gasteiger charge is -1.99. The molecule has 0 atom stereocenters. The highest BCUT2D eigenvalue weighted by atomic mass is 32.2. The molecule has 3 rings (SSSR count). The van der Waals surface area contributed by atoms with E-state index in [1.807, 2.05) is 60.4 Å². The number of pyridine rings is 1. The normalized spacial score (nSPS) is 10.7. The van der Waals surface area contributed by atoms with E-state index in [9.17, 15) is 0 Å². The quantitative estimate of drug-likeness (QED) is 0.511. The van der Waals surface area contributed by atoms with Gasteiger partial charge in [-0.05, 0) is 24.3 Å². The van der Waals surface area contributed by atoms with Crippen molar-refractivity contribution in [3.8, 4) is 28.7 Å². The third-order valence-corrected chi connectivity index (χ3v) is 2.99. The summed E-state index contributed by atoms with van der Waals surface area (Å²) in [7, 11) is -0.324. The van der Waals surface area contributed by atoms with Crippen molar-refractivity contribution < 1.29 is 26.7 Å². The molecule has 0 aliphatic heterocycles. The van der Waals surface area contributed by atoms with Crippen LogP contribution < -0.4 is 9.30 Å². The minimum Gasteiger partial charge on any atom is -0.748 e. The maximum Gasteiger partial charge on any atom is 0.248 e. The summed E-state index contributed by atoms with van der Waals surface area (Å²) in [6.07, 6.45) is 4.48. The molecule has 0 fully saturated rings. The zero-order chi connectivity index (χ0) is 18.4. The van der Waals surface area contributed by atoms with Crippen LogP contribution in [0, 0.1) is 0 Å². The number of rotatable bonds is 3. The van der Waals surface area contributed by atoms with Gasteiger partial charge in [0.15, 0.2) is 12.4 Å². The van der Waals surface area contributed by atoms with Crippen molar-refractivity contribution in [2.45, 2.75) is 0 Å². The Hall–Kier alpha value is -2.78. The van der Waals surface area contributed by atoms with Crippen molar-refractivity contribution >= 4 is 10.1 Å². The zero-order valence-electron chi connectivity index (χ0n) is 13.9. The van der Waals surface area contributed by atoms with Crippen molar-refractivity contribution in [1.82, 2.24) is 10.2 Å². The second-order valence-electron chi connectivity index (χ2n) is 5.10. The molecule has 0 amide bonds. The largest absolute Gasteiger partial charge is 0.748 e. The van der Waals surface area contributed by atoms with Crippen LogP contribution in [0.25, 0.3) is 22.9 Å². The highest BCUT2D eigenvalue weighted by molar-refractivity contribution is 7.84. The molecule has 2 aromatic heterocycles. The molecular formula is C16H17N3O5S. The van der Waals surface area contributed by atoms with Gasteiger partial charge in [-0.3, -0.25) is 0 Å². The van der Waals surface area contributed by atoms with Gasteiger partial charge in [-0.2, -0.15) is 0 Å². The summed E-state index contributed by atoms with van der Waals surface area (Å²) >= 11 is 0. The van der Waals surface area contributed by atoms with Crippen molar-refractivity contribution in [1.29, 1.82) is 0 Å². The Labute approximate surface area is 145 Å². The fourth-order valence-electron chi connectivity index (χ4n) is 1.83. The molecular weight excluding hydrogens is 346 g/mol. The van der Waals surface area contributed by atoms with E-state index in [1.165, 1.54) is 0 Å². The molecule has 0 aliphatic carbocycles. The fourth-order valence-corrected chi connectivity index (χ4v) is 1.83. The fraction of sp³-hybridized carbons (Fsp3) is 0.188. The number of aryl methyl sites for hydroxylation is 1. The first kappa shape index (κ1) is 18.6. The monoisotopic (exact) mass is 363 g/mol. The third kappa shape index (κ3) is 5.98. The number of ether oxygens (including phenoxy) is 1. The second-order valence-corrected chi connectivity index (χ2v) is 6.51. The predicted molar refractivity (Wildman–Crippen MR) is 88.5 cm³/mol. The molecule has 8 nitrogen and oxygen atoms in total. The summed E-state index contributed by atoms with van der Waals surface area (Å²) in [4.78, 5) is 0. The Morgan fingerprint density at radius 2 is 1.44 bits per heavy atom. The van der Waals surface area contributed by atoms with Gasteiger partial charge < -0.3 is 13.7 Å². The number of benzene rings is 1. The Morgan fingerprint density at radius 1 is 1.00 bits per heavy atom. The van der Waals surface area contributed by atoms with Crippen molar-refractivity contribution in [3.05, 3.63) is 48.8 Å². The molecule has 9 heteroatoms. The van der Waals surface area contributed by atoms with Crippen LogP contribution in [-0.4, -0.2) is 36.5 Å². The van der Waals surface area contributed by atoms with Crippen molar-refractivity contribution in [2.75, 3.05) is 13.4 Å². The second kappa shape index (κ2) is 7.86. The van der Waals surface area contributed by atoms with Crippen LogP contribution >= 0.6 is 0 Å². The summed E-state index contributed by atoms with van der Waals surface area (Å²) in [5.74, 6) is 1.80. The third-order valence-electron chi connectivity index (χ3n) is 2.99. The summed E-state index contributed by atoms with van der Waals surface area (Å²) in [6, 6.07) is 11.4. The molecule has 0 N–H and O–H groups in total. The molecule has 0 saturated heterocycles. The summed E-state index contributed by atoms with van der Waals surface area (Å²) in [5, 5.41) is 8.15. The zero-order valence-corrected chi connectivity index (χ0v) is 14.7. The number of nitrogens with zero attached hydrogens (tertiary/aromatic N) is 3. The minimum absolute atomic E-state index is 0.496. The van der Waals surface area contributed by atoms with E-state index in [2.05, 4.69) is 10.2 Å². The Bertz CT molecular complexity index is 911. The average Bonchev–Trinajstić information content (AvgIpc) is 3.04. The highest BCUT2D eigenvalue weighted by Crippen LogP contribution is 2.24. The smallest absolute Gasteiger partial charge is 0.248 e. The topological polar surface area (TPSA) is 109 Å². The molecule has 1 aromatic carbocycles. The van der Waals surface area contributed by atoms with Crippen LogP contribution in [0.15, 0.2) is 53.2 Å². The molecule has 0 unspecified atom stereocenters. The van der Waals surface area contributed by atoms with Crippen LogP contribution in [0.4, 0.5) is 0 Å². The molecule has 0 radical (unpaired) electrons. The van der Waals surface area contributed by atoms with Crippen molar-refractivity contribution in [2.24, 2.45) is 7.05 Å². The first-order valence-corrected chi connectivity index (χ1v) is 8.92. The van der Waals surface area contributed by atoms with E-state index in [0.29, 0.717) is 18.0 Å². The molecule has 0 saturated carbocycles. The van der Waals surface area contributed by atoms with Gasteiger partial charge >= 0.3 is 0 Å². The average molecular weight is 363 g/mol. The van der Waals surface area contributed by atoms with Gasteiger partial charge in [0.25, 0.3) is 0 Å². The first-order valence-electron chi connectivity index (χ1n) is 7.11. The molecule has 0 bridgehead atoms. The lowest BCUT2D eigenvalue weighted by atomic mass is 10.2. The predicted octanol–water partition coefficient (Wildman–Crippen LogP) is 1.40. The van der Waals surface area contributed by atoms with Crippen LogP contribution in [-0.2, 0) is 17.2 Å². The van der Waals surface area contributed by atoms with Crippen LogP contribution in [0.1, 0.15) is 0 Å². The van der Waals surface area contributed by atoms with Crippen LogP contribution in [0.5, 0.6) is 5.75 Å². The van der Waals surface area contributed by atoms with Gasteiger partial charge in [-0.1, -0.05) is 0 Å². The van der Waals surface area contributed by atoms with E-state index in [0.717, 1.165) is 16.9 Å². The van der Waals surface area contributed by atoms with Gasteiger partial charge in [0.1, 0.15) is 12.8 Å². The van der Waals surface area contributed by atoms with Gasteiger partial charge in [0.05, 0.1) is 22.8 Å². The van der Waals surface area contributed by atoms with E-state index in [-0.39, 0.29) is 0 Å². The van der Waals surface area contributed by atoms with Gasteiger partial charge in [0.2, 0.25) is 11.8 Å². The standard InChI is InChI=1S/C15H14N3O2.CH4O3S/c1-18-9-7-12(8-10-18)15-17-16-14(20-15)11-3-5-13(19-2)6-4-11;1-5(2,3)4/h3-10H,1-2H3;1H3,(H,2,3,4)/q+1;/p-1. The number of aromatic nitrogens is 3. The number of hydrogen-bond donors (Lipinski definition) is 0. The van der Waals surface area contributed by atoms with Gasteiger partial charge in [0, 0.05) is 24.0 Å². The highest BCUT2D eigenvalue weighted by Gasteiger charge is 2.11. The summed E-state index contributed by atoms with van der Waals surface area (Å²) in [5.41, 5.74) is 1.77. The van der Waals surface area contributed by atoms with E-state index in [1.54, 1.807) is 7.11 Å². The van der Waals surface area contributed by atoms with Crippen LogP contribution in [0.3, 0.4) is 0 Å². The van der Waals surface area contributed by atoms with Crippen molar-refractivity contribution in [3.63, 3.8) is 0 Å². The Kier molecular flexibility index (Phi) is 5.84. The van der Waals surface area contributed by atoms with E-state index < -0.39 is 10.1 Å². The Balaban J connectivity index is 0.000000399. The summed E-state index contributed by atoms with van der Waals surface area (Å²) < 4.78 is 40.0. The lowest BCUT2D eigenvalue weighted by Crippen LogP contribution is -2.25. The Morgan fingerprint density at radius 3 is 1.88 bits per heavy atom. The molecule has 25 heavy (non-hydrogen) atoms. The van der Waals surface area contributed by atoms with Gasteiger partial charge in [-0.25, -0.2) is 13.0 Å². The first-order chi connectivity index (χ1) is 11.8. The summed E-state index contributed by atoms with van der Waals surface area (Å²) in [6.45, 7) is 0. The van der Waals surface area contributed by atoms with E-state index in [4.69, 9.17) is 22.1 Å². The lowest BCUT2D eigenvalue weighted by molar-refractivity contribution is -0.671. The molecule has 0 spiro atoms. The molecule has 2 heterocycles. The SMILES string of the molecule is COc1ccc(-c2nnc(-c3cc[n+](C)cc3)o2)cc1.CS(=O)(=O)[O-]. The van der Waals surface area contributed by atoms with Gasteiger partial charge in [-0.15, -0.1) is 10.2 Å². The number of hydrogen-bond acceptors (Lipinski definition) is 7. The number of methoxy groups -OCH3 is 1. The maximum atomic E-state index is 9.08. The van der Waals surface area contributed by atoms with E-state index >= 15 is 0 Å².